The first-order chi connectivity index (χ1) is 6.29. The van der Waals surface area contributed by atoms with Crippen molar-refractivity contribution in [1.29, 1.82) is 0 Å². The van der Waals surface area contributed by atoms with Gasteiger partial charge in [0, 0.05) is 6.54 Å². The summed E-state index contributed by atoms with van der Waals surface area (Å²) in [5, 5.41) is 3.43. The second kappa shape index (κ2) is 3.35. The van der Waals surface area contributed by atoms with Crippen molar-refractivity contribution in [3.63, 3.8) is 0 Å². The number of hydrogen-bond acceptors (Lipinski definition) is 1. The van der Waals surface area contributed by atoms with Gasteiger partial charge in [-0.3, -0.25) is 0 Å². The Kier molecular flexibility index (Phi) is 2.19. The lowest BCUT2D eigenvalue weighted by molar-refractivity contribution is 0.708. The van der Waals surface area contributed by atoms with Crippen LogP contribution in [-0.4, -0.2) is 6.54 Å². The van der Waals surface area contributed by atoms with Gasteiger partial charge in [-0.25, -0.2) is 0 Å². The third-order valence-electron chi connectivity index (χ3n) is 2.77. The van der Waals surface area contributed by atoms with Crippen LogP contribution in [0.2, 0.25) is 0 Å². The van der Waals surface area contributed by atoms with Crippen LogP contribution in [0.15, 0.2) is 30.4 Å². The molecule has 1 N–H and O–H groups in total. The Morgan fingerprint density at radius 2 is 2.15 bits per heavy atom. The number of nitrogens with one attached hydrogen (secondary N) is 1. The van der Waals surface area contributed by atoms with Crippen molar-refractivity contribution in [3.05, 3.63) is 47.0 Å². The van der Waals surface area contributed by atoms with E-state index in [0.29, 0.717) is 6.04 Å². The number of hydrogen-bond donors (Lipinski definition) is 1. The van der Waals surface area contributed by atoms with Gasteiger partial charge in [-0.15, -0.1) is 0 Å². The smallest absolute Gasteiger partial charge is 0.0511 e. The molecule has 0 spiro atoms. The predicted octanol–water partition coefficient (Wildman–Crippen LogP) is 2.50. The molecule has 13 heavy (non-hydrogen) atoms. The summed E-state index contributed by atoms with van der Waals surface area (Å²) >= 11 is 0. The summed E-state index contributed by atoms with van der Waals surface area (Å²) in [6.45, 7) is 5.36. The molecule has 1 unspecified atom stereocenters. The molecule has 1 aromatic rings. The minimum atomic E-state index is 0.430. The topological polar surface area (TPSA) is 12.0 Å². The van der Waals surface area contributed by atoms with E-state index < -0.39 is 0 Å². The molecule has 0 bridgehead atoms. The van der Waals surface area contributed by atoms with Gasteiger partial charge in [-0.05, 0) is 30.5 Å². The van der Waals surface area contributed by atoms with Crippen LogP contribution in [0.1, 0.15) is 22.7 Å². The first-order valence-electron chi connectivity index (χ1n) is 4.75. The minimum absolute atomic E-state index is 0.430. The van der Waals surface area contributed by atoms with Crippen LogP contribution in [0.5, 0.6) is 0 Å². The summed E-state index contributed by atoms with van der Waals surface area (Å²) < 4.78 is 0. The molecule has 1 heterocycles. The van der Waals surface area contributed by atoms with E-state index in [-0.39, 0.29) is 0 Å². The highest BCUT2D eigenvalue weighted by Crippen LogP contribution is 2.23. The van der Waals surface area contributed by atoms with Crippen molar-refractivity contribution in [3.8, 4) is 0 Å². The molecule has 0 amide bonds. The van der Waals surface area contributed by atoms with Crippen LogP contribution in [-0.2, 0) is 0 Å². The van der Waals surface area contributed by atoms with E-state index in [1.165, 1.54) is 16.7 Å². The fourth-order valence-corrected chi connectivity index (χ4v) is 1.79. The van der Waals surface area contributed by atoms with Crippen molar-refractivity contribution < 1.29 is 0 Å². The summed E-state index contributed by atoms with van der Waals surface area (Å²) in [5.74, 6) is 0. The molecule has 1 heteroatoms. The predicted molar refractivity (Wildman–Crippen MR) is 55.8 cm³/mol. The van der Waals surface area contributed by atoms with Crippen LogP contribution >= 0.6 is 0 Å². The second-order valence-corrected chi connectivity index (χ2v) is 3.60. The van der Waals surface area contributed by atoms with Gasteiger partial charge in [0.1, 0.15) is 0 Å². The number of benzene rings is 1. The maximum absolute atomic E-state index is 3.43. The molecule has 0 aromatic heterocycles. The molecule has 1 aliphatic rings. The lowest BCUT2D eigenvalue weighted by atomic mass is 9.98. The molecule has 1 atom stereocenters. The van der Waals surface area contributed by atoms with Crippen molar-refractivity contribution in [1.82, 2.24) is 5.32 Å². The summed E-state index contributed by atoms with van der Waals surface area (Å²) in [5.41, 5.74) is 4.19. The molecule has 0 saturated carbocycles. The molecule has 68 valence electrons. The third kappa shape index (κ3) is 1.52. The first-order valence-corrected chi connectivity index (χ1v) is 4.75. The van der Waals surface area contributed by atoms with Gasteiger partial charge in [-0.2, -0.15) is 0 Å². The van der Waals surface area contributed by atoms with E-state index in [4.69, 9.17) is 0 Å². The average molecular weight is 173 g/mol. The zero-order chi connectivity index (χ0) is 9.26. The fraction of sp³-hybridized carbons (Fsp3) is 0.333. The maximum Gasteiger partial charge on any atom is 0.0511 e. The molecule has 0 radical (unpaired) electrons. The molecule has 1 nitrogen and oxygen atoms in total. The first kappa shape index (κ1) is 8.52. The van der Waals surface area contributed by atoms with Crippen molar-refractivity contribution >= 4 is 0 Å². The van der Waals surface area contributed by atoms with Gasteiger partial charge in [0.25, 0.3) is 0 Å². The van der Waals surface area contributed by atoms with Crippen LogP contribution in [0.4, 0.5) is 0 Å². The SMILES string of the molecule is Cc1cccc(C2C=CCN2)c1C. The van der Waals surface area contributed by atoms with E-state index in [9.17, 15) is 0 Å². The maximum atomic E-state index is 3.43. The summed E-state index contributed by atoms with van der Waals surface area (Å²) in [6.07, 6.45) is 4.42. The molecule has 0 saturated heterocycles. The van der Waals surface area contributed by atoms with Crippen LogP contribution in [0, 0.1) is 13.8 Å². The molecular weight excluding hydrogens is 158 g/mol. The van der Waals surface area contributed by atoms with E-state index in [1.807, 2.05) is 0 Å². The van der Waals surface area contributed by atoms with Crippen molar-refractivity contribution in [2.24, 2.45) is 0 Å². The van der Waals surface area contributed by atoms with E-state index in [2.05, 4.69) is 49.5 Å². The monoisotopic (exact) mass is 173 g/mol. The average Bonchev–Trinajstić information content (AvgIpc) is 2.62. The van der Waals surface area contributed by atoms with Gasteiger partial charge in [0.2, 0.25) is 0 Å². The highest BCUT2D eigenvalue weighted by Gasteiger charge is 2.12. The molecule has 1 aromatic carbocycles. The zero-order valence-corrected chi connectivity index (χ0v) is 8.17. The Bertz CT molecular complexity index is 339. The molecular formula is C12H15N. The van der Waals surface area contributed by atoms with E-state index >= 15 is 0 Å². The third-order valence-corrected chi connectivity index (χ3v) is 2.77. The fourth-order valence-electron chi connectivity index (χ4n) is 1.79. The zero-order valence-electron chi connectivity index (χ0n) is 8.17. The minimum Gasteiger partial charge on any atom is -0.303 e. The van der Waals surface area contributed by atoms with E-state index in [0.717, 1.165) is 6.54 Å². The van der Waals surface area contributed by atoms with Crippen molar-refractivity contribution in [2.45, 2.75) is 19.9 Å². The Hall–Kier alpha value is -1.08. The van der Waals surface area contributed by atoms with Gasteiger partial charge in [-0.1, -0.05) is 30.4 Å². The summed E-state index contributed by atoms with van der Waals surface area (Å²) in [6, 6.07) is 6.93. The Morgan fingerprint density at radius 3 is 2.85 bits per heavy atom. The normalized spacial score (nSPS) is 20.9. The van der Waals surface area contributed by atoms with Crippen LogP contribution in [0.3, 0.4) is 0 Å². The Labute approximate surface area is 79.5 Å². The molecule has 0 fully saturated rings. The summed E-state index contributed by atoms with van der Waals surface area (Å²) in [7, 11) is 0. The Balaban J connectivity index is 2.39. The highest BCUT2D eigenvalue weighted by molar-refractivity contribution is 5.38. The van der Waals surface area contributed by atoms with Gasteiger partial charge in [0.05, 0.1) is 6.04 Å². The lowest BCUT2D eigenvalue weighted by Gasteiger charge is -2.14. The highest BCUT2D eigenvalue weighted by atomic mass is 14.9. The second-order valence-electron chi connectivity index (χ2n) is 3.60. The standard InChI is InChI=1S/C12H15N/c1-9-5-3-6-11(10(9)2)12-7-4-8-13-12/h3-7,12-13H,8H2,1-2H3. The van der Waals surface area contributed by atoms with E-state index in [1.54, 1.807) is 0 Å². The molecule has 0 aliphatic carbocycles. The lowest BCUT2D eigenvalue weighted by Crippen LogP contribution is -2.15. The largest absolute Gasteiger partial charge is 0.303 e. The van der Waals surface area contributed by atoms with Gasteiger partial charge < -0.3 is 5.32 Å². The number of rotatable bonds is 1. The van der Waals surface area contributed by atoms with Crippen LogP contribution in [0.25, 0.3) is 0 Å². The Morgan fingerprint density at radius 1 is 1.31 bits per heavy atom. The number of aryl methyl sites for hydroxylation is 1. The van der Waals surface area contributed by atoms with Crippen molar-refractivity contribution in [2.75, 3.05) is 6.54 Å². The molecule has 1 aliphatic heterocycles. The summed E-state index contributed by atoms with van der Waals surface area (Å²) in [4.78, 5) is 0. The van der Waals surface area contributed by atoms with Gasteiger partial charge in [0.15, 0.2) is 0 Å². The quantitative estimate of drug-likeness (QED) is 0.643. The molecule has 2 rings (SSSR count). The van der Waals surface area contributed by atoms with Crippen LogP contribution < -0.4 is 5.32 Å². The van der Waals surface area contributed by atoms with Gasteiger partial charge >= 0.3 is 0 Å².